The summed E-state index contributed by atoms with van der Waals surface area (Å²) in [6.07, 6.45) is 2.25. The number of ether oxygens (including phenoxy) is 1. The molecule has 0 bridgehead atoms. The minimum Gasteiger partial charge on any atom is -0.444 e. The van der Waals surface area contributed by atoms with Crippen LogP contribution in [0.4, 0.5) is 4.79 Å². The highest BCUT2D eigenvalue weighted by Gasteiger charge is 2.23. The third-order valence-electron chi connectivity index (χ3n) is 1.98. The van der Waals surface area contributed by atoms with Gasteiger partial charge in [0, 0.05) is 6.54 Å². The Balaban J connectivity index is 4.37. The van der Waals surface area contributed by atoms with E-state index in [1.54, 1.807) is 32.9 Å². The fourth-order valence-corrected chi connectivity index (χ4v) is 1.25. The van der Waals surface area contributed by atoms with Crippen LogP contribution in [0.1, 0.15) is 27.2 Å². The number of rotatable bonds is 7. The van der Waals surface area contributed by atoms with Crippen molar-refractivity contribution in [3.05, 3.63) is 25.3 Å². The van der Waals surface area contributed by atoms with Gasteiger partial charge in [0.05, 0.1) is 6.04 Å². The second-order valence-corrected chi connectivity index (χ2v) is 4.92. The van der Waals surface area contributed by atoms with Crippen LogP contribution in [0.3, 0.4) is 0 Å². The molecule has 5 nitrogen and oxygen atoms in total. The molecule has 0 radical (unpaired) electrons. The molecule has 18 heavy (non-hydrogen) atoms. The Morgan fingerprint density at radius 1 is 1.39 bits per heavy atom. The fourth-order valence-electron chi connectivity index (χ4n) is 1.25. The lowest BCUT2D eigenvalue weighted by Gasteiger charge is -2.26. The van der Waals surface area contributed by atoms with E-state index in [1.165, 1.54) is 0 Å². The third kappa shape index (κ3) is 7.86. The number of aliphatic hydroxyl groups is 1. The summed E-state index contributed by atoms with van der Waals surface area (Å²) in [4.78, 5) is 11.6. The van der Waals surface area contributed by atoms with Crippen molar-refractivity contribution in [2.24, 2.45) is 0 Å². The topological polar surface area (TPSA) is 70.6 Å². The summed E-state index contributed by atoms with van der Waals surface area (Å²) >= 11 is 0. The highest BCUT2D eigenvalue weighted by atomic mass is 16.6. The molecule has 2 atom stereocenters. The second-order valence-electron chi connectivity index (χ2n) is 4.92. The maximum Gasteiger partial charge on any atom is 0.408 e. The lowest BCUT2D eigenvalue weighted by atomic mass is 10.1. The van der Waals surface area contributed by atoms with Gasteiger partial charge in [-0.3, -0.25) is 5.32 Å². The largest absolute Gasteiger partial charge is 0.444 e. The van der Waals surface area contributed by atoms with Crippen LogP contribution < -0.4 is 10.6 Å². The average Bonchev–Trinajstić information content (AvgIpc) is 2.22. The Morgan fingerprint density at radius 2 is 2.00 bits per heavy atom. The number of amides is 1. The lowest BCUT2D eigenvalue weighted by molar-refractivity contribution is 0.0387. The van der Waals surface area contributed by atoms with Crippen LogP contribution in [0.25, 0.3) is 0 Å². The highest BCUT2D eigenvalue weighted by Crippen LogP contribution is 2.08. The molecule has 0 fully saturated rings. The molecular formula is C13H24N2O3. The summed E-state index contributed by atoms with van der Waals surface area (Å²) in [5.74, 6) is 0. The van der Waals surface area contributed by atoms with E-state index in [0.717, 1.165) is 0 Å². The van der Waals surface area contributed by atoms with E-state index >= 15 is 0 Å². The number of aliphatic hydroxyl groups excluding tert-OH is 1. The summed E-state index contributed by atoms with van der Waals surface area (Å²) in [5, 5.41) is 15.3. The highest BCUT2D eigenvalue weighted by molar-refractivity contribution is 5.68. The maximum atomic E-state index is 11.6. The van der Waals surface area contributed by atoms with Crippen molar-refractivity contribution in [1.29, 1.82) is 0 Å². The van der Waals surface area contributed by atoms with E-state index in [0.29, 0.717) is 13.0 Å². The van der Waals surface area contributed by atoms with Crippen molar-refractivity contribution in [3.63, 3.8) is 0 Å². The number of hydrogen-bond donors (Lipinski definition) is 3. The van der Waals surface area contributed by atoms with Crippen LogP contribution in [0.15, 0.2) is 25.3 Å². The minimum atomic E-state index is -0.881. The Hall–Kier alpha value is -1.33. The van der Waals surface area contributed by atoms with E-state index < -0.39 is 24.0 Å². The Labute approximate surface area is 109 Å². The Morgan fingerprint density at radius 3 is 2.44 bits per heavy atom. The number of carbonyl (C=O) groups is 1. The second kappa shape index (κ2) is 7.89. The van der Waals surface area contributed by atoms with Crippen molar-refractivity contribution < 1.29 is 14.6 Å². The lowest BCUT2D eigenvalue weighted by Crippen LogP contribution is -2.50. The molecule has 0 rings (SSSR count). The van der Waals surface area contributed by atoms with Crippen molar-refractivity contribution >= 4 is 6.09 Å². The molecule has 0 aromatic rings. The molecule has 0 saturated carbocycles. The predicted octanol–water partition coefficient (Wildman–Crippen LogP) is 1.55. The van der Waals surface area contributed by atoms with Gasteiger partial charge in [-0.1, -0.05) is 12.2 Å². The SMILES string of the molecule is C=CCNC(O)[C@@H](CC=C)NC(=O)OC(C)(C)C. The van der Waals surface area contributed by atoms with E-state index in [1.807, 2.05) is 0 Å². The molecule has 3 N–H and O–H groups in total. The van der Waals surface area contributed by atoms with Crippen LogP contribution in [0.2, 0.25) is 0 Å². The molecule has 0 spiro atoms. The quantitative estimate of drug-likeness (QED) is 0.477. The van der Waals surface area contributed by atoms with Crippen LogP contribution >= 0.6 is 0 Å². The van der Waals surface area contributed by atoms with Gasteiger partial charge in [-0.05, 0) is 27.2 Å². The molecule has 1 amide bonds. The molecule has 0 heterocycles. The summed E-state index contributed by atoms with van der Waals surface area (Å²) in [6, 6.07) is -0.489. The van der Waals surface area contributed by atoms with E-state index in [4.69, 9.17) is 4.74 Å². The monoisotopic (exact) mass is 256 g/mol. The van der Waals surface area contributed by atoms with Gasteiger partial charge < -0.3 is 15.2 Å². The summed E-state index contributed by atoms with van der Waals surface area (Å²) < 4.78 is 5.13. The number of nitrogens with one attached hydrogen (secondary N) is 2. The first-order valence-electron chi connectivity index (χ1n) is 5.93. The van der Waals surface area contributed by atoms with Gasteiger partial charge in [-0.15, -0.1) is 13.2 Å². The van der Waals surface area contributed by atoms with Crippen molar-refractivity contribution in [2.45, 2.75) is 45.1 Å². The van der Waals surface area contributed by atoms with Crippen molar-refractivity contribution in [3.8, 4) is 0 Å². The maximum absolute atomic E-state index is 11.6. The van der Waals surface area contributed by atoms with Crippen molar-refractivity contribution in [2.75, 3.05) is 6.54 Å². The number of carbonyl (C=O) groups excluding carboxylic acids is 1. The van der Waals surface area contributed by atoms with Gasteiger partial charge in [0.2, 0.25) is 0 Å². The standard InChI is InChI=1S/C13H24N2O3/c1-6-8-10(11(16)14-9-7-2)15-12(17)18-13(3,4)5/h6-7,10-11,14,16H,1-2,8-9H2,3-5H3,(H,15,17)/t10-,11?/m1/s1. The molecule has 0 saturated heterocycles. The van der Waals surface area contributed by atoms with Crippen molar-refractivity contribution in [1.82, 2.24) is 10.6 Å². The molecule has 0 aromatic heterocycles. The van der Waals surface area contributed by atoms with Crippen LogP contribution in [-0.2, 0) is 4.74 Å². The third-order valence-corrected chi connectivity index (χ3v) is 1.98. The summed E-state index contributed by atoms with van der Waals surface area (Å²) in [6.45, 7) is 12.9. The van der Waals surface area contributed by atoms with E-state index in [-0.39, 0.29) is 0 Å². The molecule has 0 aliphatic heterocycles. The first-order valence-corrected chi connectivity index (χ1v) is 5.93. The van der Waals surface area contributed by atoms with Crippen LogP contribution in [0.5, 0.6) is 0 Å². The molecule has 0 aliphatic rings. The zero-order valence-electron chi connectivity index (χ0n) is 11.4. The van der Waals surface area contributed by atoms with Gasteiger partial charge >= 0.3 is 6.09 Å². The Bertz CT molecular complexity index is 284. The van der Waals surface area contributed by atoms with Gasteiger partial charge in [0.1, 0.15) is 11.8 Å². The molecule has 1 unspecified atom stereocenters. The van der Waals surface area contributed by atoms with E-state index in [2.05, 4.69) is 23.8 Å². The van der Waals surface area contributed by atoms with Gasteiger partial charge in [0.15, 0.2) is 0 Å². The number of hydrogen-bond acceptors (Lipinski definition) is 4. The molecule has 104 valence electrons. The predicted molar refractivity (Wildman–Crippen MR) is 72.2 cm³/mol. The summed E-state index contributed by atoms with van der Waals surface area (Å²) in [5.41, 5.74) is -0.567. The average molecular weight is 256 g/mol. The fraction of sp³-hybridized carbons (Fsp3) is 0.615. The molecular weight excluding hydrogens is 232 g/mol. The molecule has 0 aromatic carbocycles. The minimum absolute atomic E-state index is 0.435. The summed E-state index contributed by atoms with van der Waals surface area (Å²) in [7, 11) is 0. The zero-order valence-corrected chi connectivity index (χ0v) is 11.4. The Kier molecular flexibility index (Phi) is 7.31. The van der Waals surface area contributed by atoms with Crippen LogP contribution in [-0.4, -0.2) is 35.6 Å². The van der Waals surface area contributed by atoms with E-state index in [9.17, 15) is 9.90 Å². The van der Waals surface area contributed by atoms with Gasteiger partial charge in [-0.25, -0.2) is 4.79 Å². The zero-order chi connectivity index (χ0) is 14.2. The van der Waals surface area contributed by atoms with Crippen LogP contribution in [0, 0.1) is 0 Å². The molecule has 5 heteroatoms. The van der Waals surface area contributed by atoms with Gasteiger partial charge in [0.25, 0.3) is 0 Å². The van der Waals surface area contributed by atoms with Gasteiger partial charge in [-0.2, -0.15) is 0 Å². The first-order chi connectivity index (χ1) is 8.30. The molecule has 0 aliphatic carbocycles. The smallest absolute Gasteiger partial charge is 0.408 e. The number of alkyl carbamates (subject to hydrolysis) is 1. The first kappa shape index (κ1) is 16.7. The normalized spacial score (nSPS) is 14.4.